The Kier molecular flexibility index (Phi) is 6.88. The molecule has 1 aromatic carbocycles. The van der Waals surface area contributed by atoms with Gasteiger partial charge in [0.25, 0.3) is 0 Å². The van der Waals surface area contributed by atoms with Gasteiger partial charge in [0.15, 0.2) is 9.84 Å². The Hall–Kier alpha value is -0.870. The molecule has 0 saturated carbocycles. The van der Waals surface area contributed by atoms with Gasteiger partial charge < -0.3 is 5.32 Å². The molecule has 0 aliphatic rings. The first-order valence-corrected chi connectivity index (χ1v) is 9.47. The van der Waals surface area contributed by atoms with Crippen molar-refractivity contribution in [2.45, 2.75) is 70.1 Å². The molecule has 0 heterocycles. The summed E-state index contributed by atoms with van der Waals surface area (Å²) in [6, 6.07) is 5.48. The highest BCUT2D eigenvalue weighted by atomic mass is 32.2. The fourth-order valence-corrected chi connectivity index (χ4v) is 4.83. The van der Waals surface area contributed by atoms with E-state index in [-0.39, 0.29) is 11.3 Å². The minimum Gasteiger partial charge on any atom is -0.313 e. The second kappa shape index (κ2) is 7.95. The molecule has 0 aliphatic heterocycles. The van der Waals surface area contributed by atoms with E-state index >= 15 is 0 Å². The molecule has 0 saturated heterocycles. The lowest BCUT2D eigenvalue weighted by Crippen LogP contribution is -2.43. The van der Waals surface area contributed by atoms with Crippen molar-refractivity contribution in [2.75, 3.05) is 6.54 Å². The molecule has 1 aromatic rings. The first-order chi connectivity index (χ1) is 9.88. The van der Waals surface area contributed by atoms with Crippen LogP contribution >= 0.6 is 0 Å². The van der Waals surface area contributed by atoms with E-state index in [1.807, 2.05) is 39.8 Å². The lowest BCUT2D eigenvalue weighted by molar-refractivity contribution is 0.445. The van der Waals surface area contributed by atoms with Crippen molar-refractivity contribution in [2.24, 2.45) is 0 Å². The molecular formula is C17H29NO2S. The van der Waals surface area contributed by atoms with Gasteiger partial charge in [0.05, 0.1) is 10.1 Å². The van der Waals surface area contributed by atoms with Gasteiger partial charge in [-0.3, -0.25) is 0 Å². The van der Waals surface area contributed by atoms with Gasteiger partial charge in [-0.2, -0.15) is 0 Å². The number of hydrogen-bond donors (Lipinski definition) is 1. The maximum atomic E-state index is 13.0. The Morgan fingerprint density at radius 2 is 1.76 bits per heavy atom. The zero-order chi connectivity index (χ0) is 16.0. The van der Waals surface area contributed by atoms with Crippen LogP contribution in [0.1, 0.15) is 51.2 Å². The van der Waals surface area contributed by atoms with Gasteiger partial charge in [0.1, 0.15) is 0 Å². The minimum absolute atomic E-state index is 0.0246. The molecule has 4 heteroatoms. The third kappa shape index (κ3) is 4.30. The predicted octanol–water partition coefficient (Wildman–Crippen LogP) is 3.63. The minimum atomic E-state index is -3.30. The van der Waals surface area contributed by atoms with Crippen LogP contribution in [0.3, 0.4) is 0 Å². The Morgan fingerprint density at radius 1 is 1.10 bits per heavy atom. The lowest BCUT2D eigenvalue weighted by atomic mass is 10.1. The average molecular weight is 311 g/mol. The summed E-state index contributed by atoms with van der Waals surface area (Å²) in [4.78, 5) is 0.455. The van der Waals surface area contributed by atoms with Crippen LogP contribution in [-0.4, -0.2) is 26.3 Å². The zero-order valence-corrected chi connectivity index (χ0v) is 14.8. The van der Waals surface area contributed by atoms with Crippen molar-refractivity contribution < 1.29 is 8.42 Å². The Bertz CT molecular complexity index is 546. The second-order valence-electron chi connectivity index (χ2n) is 5.69. The standard InChI is InChI=1S/C17H29NO2S/c1-6-9-16(18-8-3)17(7-2)21(19,20)15-11-10-13(4)14(5)12-15/h10-12,16-18H,6-9H2,1-5H3. The van der Waals surface area contributed by atoms with E-state index in [9.17, 15) is 8.42 Å². The van der Waals surface area contributed by atoms with Crippen LogP contribution < -0.4 is 5.32 Å². The molecule has 2 unspecified atom stereocenters. The summed E-state index contributed by atoms with van der Waals surface area (Å²) in [6.07, 6.45) is 2.50. The van der Waals surface area contributed by atoms with Crippen molar-refractivity contribution in [1.82, 2.24) is 5.32 Å². The molecule has 0 aromatic heterocycles. The molecule has 3 nitrogen and oxygen atoms in total. The average Bonchev–Trinajstić information content (AvgIpc) is 2.42. The normalized spacial score (nSPS) is 14.9. The second-order valence-corrected chi connectivity index (χ2v) is 7.86. The molecule has 0 fully saturated rings. The molecule has 0 bridgehead atoms. The molecular weight excluding hydrogens is 282 g/mol. The first kappa shape index (κ1) is 18.2. The number of hydrogen-bond acceptors (Lipinski definition) is 3. The van der Waals surface area contributed by atoms with Crippen LogP contribution in [0.2, 0.25) is 0 Å². The number of benzene rings is 1. The molecule has 1 N–H and O–H groups in total. The summed E-state index contributed by atoms with van der Waals surface area (Å²) < 4.78 is 26.0. The van der Waals surface area contributed by atoms with E-state index in [2.05, 4.69) is 12.2 Å². The molecule has 0 spiro atoms. The highest BCUT2D eigenvalue weighted by Gasteiger charge is 2.32. The SMILES string of the molecule is CCCC(NCC)C(CC)S(=O)(=O)c1ccc(C)c(C)c1. The van der Waals surface area contributed by atoms with Crippen LogP contribution in [0.4, 0.5) is 0 Å². The fraction of sp³-hybridized carbons (Fsp3) is 0.647. The lowest BCUT2D eigenvalue weighted by Gasteiger charge is -2.27. The van der Waals surface area contributed by atoms with Crippen molar-refractivity contribution in [3.63, 3.8) is 0 Å². The molecule has 0 amide bonds. The third-order valence-corrected chi connectivity index (χ3v) is 6.49. The zero-order valence-electron chi connectivity index (χ0n) is 13.9. The largest absolute Gasteiger partial charge is 0.313 e. The highest BCUT2D eigenvalue weighted by Crippen LogP contribution is 2.24. The van der Waals surface area contributed by atoms with Gasteiger partial charge in [0, 0.05) is 6.04 Å². The molecule has 120 valence electrons. The molecule has 2 atom stereocenters. The quantitative estimate of drug-likeness (QED) is 0.797. The molecule has 0 aliphatic carbocycles. The number of aryl methyl sites for hydroxylation is 2. The van der Waals surface area contributed by atoms with Crippen molar-refractivity contribution in [1.29, 1.82) is 0 Å². The molecule has 21 heavy (non-hydrogen) atoms. The van der Waals surface area contributed by atoms with Crippen LogP contribution in [0, 0.1) is 13.8 Å². The van der Waals surface area contributed by atoms with Gasteiger partial charge in [-0.1, -0.05) is 33.3 Å². The van der Waals surface area contributed by atoms with E-state index in [1.165, 1.54) is 0 Å². The van der Waals surface area contributed by atoms with Crippen LogP contribution in [0.5, 0.6) is 0 Å². The molecule has 0 radical (unpaired) electrons. The summed E-state index contributed by atoms with van der Waals surface area (Å²) in [5, 5.41) is 3.00. The van der Waals surface area contributed by atoms with Gasteiger partial charge in [-0.25, -0.2) is 8.42 Å². The summed E-state index contributed by atoms with van der Waals surface area (Å²) in [5.41, 5.74) is 2.15. The van der Waals surface area contributed by atoms with E-state index in [0.29, 0.717) is 11.3 Å². The predicted molar refractivity (Wildman–Crippen MR) is 89.6 cm³/mol. The fourth-order valence-electron chi connectivity index (χ4n) is 2.78. The van der Waals surface area contributed by atoms with Crippen LogP contribution in [0.25, 0.3) is 0 Å². The summed E-state index contributed by atoms with van der Waals surface area (Å²) >= 11 is 0. The van der Waals surface area contributed by atoms with Crippen molar-refractivity contribution in [3.8, 4) is 0 Å². The Morgan fingerprint density at radius 3 is 2.24 bits per heavy atom. The van der Waals surface area contributed by atoms with E-state index in [4.69, 9.17) is 0 Å². The Balaban J connectivity index is 3.19. The van der Waals surface area contributed by atoms with Crippen LogP contribution in [-0.2, 0) is 9.84 Å². The summed E-state index contributed by atoms with van der Waals surface area (Å²) in [6.45, 7) is 10.8. The number of sulfone groups is 1. The van der Waals surface area contributed by atoms with Gasteiger partial charge in [0.2, 0.25) is 0 Å². The smallest absolute Gasteiger partial charge is 0.182 e. The van der Waals surface area contributed by atoms with Crippen LogP contribution in [0.15, 0.2) is 23.1 Å². The first-order valence-electron chi connectivity index (χ1n) is 7.92. The van der Waals surface area contributed by atoms with E-state index in [1.54, 1.807) is 6.07 Å². The molecule has 1 rings (SSSR count). The van der Waals surface area contributed by atoms with Gasteiger partial charge >= 0.3 is 0 Å². The monoisotopic (exact) mass is 311 g/mol. The highest BCUT2D eigenvalue weighted by molar-refractivity contribution is 7.92. The topological polar surface area (TPSA) is 46.2 Å². The maximum absolute atomic E-state index is 13.0. The third-order valence-electron chi connectivity index (χ3n) is 4.12. The Labute approximate surface area is 130 Å². The van der Waals surface area contributed by atoms with Gasteiger partial charge in [-0.15, -0.1) is 0 Å². The number of rotatable bonds is 8. The van der Waals surface area contributed by atoms with Crippen molar-refractivity contribution >= 4 is 9.84 Å². The van der Waals surface area contributed by atoms with E-state index < -0.39 is 9.84 Å². The summed E-state index contributed by atoms with van der Waals surface area (Å²) in [5.74, 6) is 0. The van der Waals surface area contributed by atoms with E-state index in [0.717, 1.165) is 30.5 Å². The summed E-state index contributed by atoms with van der Waals surface area (Å²) in [7, 11) is -3.30. The van der Waals surface area contributed by atoms with Crippen molar-refractivity contribution in [3.05, 3.63) is 29.3 Å². The number of nitrogens with one attached hydrogen (secondary N) is 1. The maximum Gasteiger partial charge on any atom is 0.182 e. The van der Waals surface area contributed by atoms with Gasteiger partial charge in [-0.05, 0) is 56.5 Å².